The first kappa shape index (κ1) is 11.6. The van der Waals surface area contributed by atoms with Gasteiger partial charge in [-0.25, -0.2) is 8.42 Å². The average molecular weight is 252 g/mol. The number of nitrogens with zero attached hydrogens (tertiary/aromatic N) is 2. The highest BCUT2D eigenvalue weighted by Crippen LogP contribution is 2.25. The summed E-state index contributed by atoms with van der Waals surface area (Å²) in [5.74, 6) is -0.119. The molecule has 0 saturated carbocycles. The van der Waals surface area contributed by atoms with Crippen LogP contribution in [0.25, 0.3) is 0 Å². The molecule has 1 aliphatic heterocycles. The third-order valence-electron chi connectivity index (χ3n) is 2.43. The molecule has 1 aromatic carbocycles. The molecular weight excluding hydrogens is 240 g/mol. The second-order valence-electron chi connectivity index (χ2n) is 3.64. The molecule has 90 valence electrons. The van der Waals surface area contributed by atoms with E-state index < -0.39 is 9.84 Å². The topological polar surface area (TPSA) is 111 Å². The Morgan fingerprint density at radius 1 is 1.24 bits per heavy atom. The number of guanidine groups is 1. The minimum atomic E-state index is -3.21. The second kappa shape index (κ2) is 4.17. The molecule has 0 unspecified atom stereocenters. The van der Waals surface area contributed by atoms with Gasteiger partial charge in [-0.3, -0.25) is 0 Å². The van der Waals surface area contributed by atoms with Crippen LogP contribution in [0.1, 0.15) is 12.0 Å². The van der Waals surface area contributed by atoms with Gasteiger partial charge >= 0.3 is 0 Å². The molecule has 0 aromatic heterocycles. The lowest BCUT2D eigenvalue weighted by molar-refractivity contribution is 0.594. The minimum Gasteiger partial charge on any atom is -0.369 e. The van der Waals surface area contributed by atoms with E-state index in [0.29, 0.717) is 17.7 Å². The molecule has 0 fully saturated rings. The summed E-state index contributed by atoms with van der Waals surface area (Å²) in [4.78, 5) is 0.288. The maximum atomic E-state index is 11.8. The van der Waals surface area contributed by atoms with Crippen molar-refractivity contribution < 1.29 is 8.42 Å². The lowest BCUT2D eigenvalue weighted by Gasteiger charge is -2.16. The molecule has 0 saturated heterocycles. The van der Waals surface area contributed by atoms with E-state index in [2.05, 4.69) is 10.2 Å². The van der Waals surface area contributed by atoms with Crippen molar-refractivity contribution in [3.8, 4) is 0 Å². The van der Waals surface area contributed by atoms with Crippen molar-refractivity contribution in [3.63, 3.8) is 0 Å². The van der Waals surface area contributed by atoms with Gasteiger partial charge in [0.15, 0.2) is 9.84 Å². The van der Waals surface area contributed by atoms with Crippen molar-refractivity contribution >= 4 is 21.5 Å². The number of hydrogen-bond acceptors (Lipinski definition) is 4. The Labute approximate surface area is 99.0 Å². The third-order valence-corrected chi connectivity index (χ3v) is 4.19. The maximum absolute atomic E-state index is 11.8. The fourth-order valence-electron chi connectivity index (χ4n) is 1.67. The van der Waals surface area contributed by atoms with E-state index in [1.54, 1.807) is 24.3 Å². The van der Waals surface area contributed by atoms with Gasteiger partial charge in [-0.05, 0) is 6.07 Å². The van der Waals surface area contributed by atoms with Crippen LogP contribution in [-0.2, 0) is 9.84 Å². The first-order valence-electron chi connectivity index (χ1n) is 4.98. The number of rotatable bonds is 1. The van der Waals surface area contributed by atoms with Gasteiger partial charge in [-0.1, -0.05) is 18.2 Å². The summed E-state index contributed by atoms with van der Waals surface area (Å²) in [5, 5.41) is 7.44. The largest absolute Gasteiger partial charge is 0.369 e. The highest BCUT2D eigenvalue weighted by molar-refractivity contribution is 7.91. The van der Waals surface area contributed by atoms with E-state index in [1.807, 2.05) is 0 Å². The lowest BCUT2D eigenvalue weighted by Crippen LogP contribution is -2.24. The van der Waals surface area contributed by atoms with Gasteiger partial charge in [0, 0.05) is 12.0 Å². The Morgan fingerprint density at radius 2 is 1.94 bits per heavy atom. The van der Waals surface area contributed by atoms with Crippen LogP contribution in [0, 0.1) is 0 Å². The smallest absolute Gasteiger partial charge is 0.211 e. The Hall–Kier alpha value is -1.89. The van der Waals surface area contributed by atoms with E-state index >= 15 is 0 Å². The summed E-state index contributed by atoms with van der Waals surface area (Å²) in [5.41, 5.74) is 11.5. The minimum absolute atomic E-state index is 0.0306. The molecule has 2 rings (SSSR count). The Morgan fingerprint density at radius 3 is 2.65 bits per heavy atom. The molecule has 1 aliphatic rings. The van der Waals surface area contributed by atoms with Crippen LogP contribution in [-0.4, -0.2) is 25.8 Å². The van der Waals surface area contributed by atoms with Crippen molar-refractivity contribution in [2.75, 3.05) is 5.75 Å². The van der Waals surface area contributed by atoms with Crippen molar-refractivity contribution in [2.24, 2.45) is 21.7 Å². The van der Waals surface area contributed by atoms with Crippen LogP contribution in [0.3, 0.4) is 0 Å². The monoisotopic (exact) mass is 252 g/mol. The van der Waals surface area contributed by atoms with E-state index in [9.17, 15) is 8.42 Å². The summed E-state index contributed by atoms with van der Waals surface area (Å²) in [6.45, 7) is 0. The van der Waals surface area contributed by atoms with E-state index in [-0.39, 0.29) is 16.6 Å². The zero-order valence-corrected chi connectivity index (χ0v) is 9.81. The fourth-order valence-corrected chi connectivity index (χ4v) is 3.16. The van der Waals surface area contributed by atoms with Crippen LogP contribution in [0.4, 0.5) is 0 Å². The quantitative estimate of drug-likeness (QED) is 0.411. The SMILES string of the molecule is NC(N)=N/N=C1/CCS(=O)(=O)c2ccccc21. The highest BCUT2D eigenvalue weighted by Gasteiger charge is 2.27. The molecular formula is C10H12N4O2S. The molecule has 0 atom stereocenters. The summed E-state index contributed by atoms with van der Waals surface area (Å²) in [6, 6.07) is 6.70. The molecule has 7 heteroatoms. The van der Waals surface area contributed by atoms with Crippen LogP contribution in [0.15, 0.2) is 39.4 Å². The highest BCUT2D eigenvalue weighted by atomic mass is 32.2. The molecule has 17 heavy (non-hydrogen) atoms. The third kappa shape index (κ3) is 2.28. The van der Waals surface area contributed by atoms with E-state index in [0.717, 1.165) is 0 Å². The van der Waals surface area contributed by atoms with Gasteiger partial charge in [0.25, 0.3) is 0 Å². The van der Waals surface area contributed by atoms with E-state index in [4.69, 9.17) is 11.5 Å². The molecule has 6 nitrogen and oxygen atoms in total. The van der Waals surface area contributed by atoms with Crippen molar-refractivity contribution in [3.05, 3.63) is 29.8 Å². The predicted molar refractivity (Wildman–Crippen MR) is 65.5 cm³/mol. The van der Waals surface area contributed by atoms with Crippen LogP contribution < -0.4 is 11.5 Å². The van der Waals surface area contributed by atoms with Gasteiger partial charge in [-0.15, -0.1) is 5.10 Å². The number of fused-ring (bicyclic) bond motifs is 1. The molecule has 4 N–H and O–H groups in total. The number of benzene rings is 1. The van der Waals surface area contributed by atoms with Gasteiger partial charge in [0.1, 0.15) is 0 Å². The van der Waals surface area contributed by atoms with Crippen molar-refractivity contribution in [1.29, 1.82) is 0 Å². The zero-order chi connectivity index (χ0) is 12.5. The molecule has 1 aromatic rings. The van der Waals surface area contributed by atoms with Gasteiger partial charge in [0.05, 0.1) is 16.4 Å². The molecule has 0 bridgehead atoms. The normalized spacial score (nSPS) is 19.6. The molecule has 1 heterocycles. The standard InChI is InChI=1S/C10H12N4O2S/c11-10(12)14-13-8-5-6-17(15,16)9-4-2-1-3-7(8)9/h1-4H,5-6H2,(H4,11,12,14)/b13-8-. The predicted octanol–water partition coefficient (Wildman–Crippen LogP) is -0.158. The Balaban J connectivity index is 2.57. The molecule has 0 spiro atoms. The Bertz CT molecular complexity index is 600. The molecule has 0 radical (unpaired) electrons. The summed E-state index contributed by atoms with van der Waals surface area (Å²) in [7, 11) is -3.21. The van der Waals surface area contributed by atoms with E-state index in [1.165, 1.54) is 0 Å². The molecule has 0 amide bonds. The van der Waals surface area contributed by atoms with Gasteiger partial charge in [0.2, 0.25) is 5.96 Å². The first-order valence-corrected chi connectivity index (χ1v) is 6.63. The average Bonchev–Trinajstić information content (AvgIpc) is 2.28. The first-order chi connectivity index (χ1) is 8.00. The second-order valence-corrected chi connectivity index (χ2v) is 5.71. The Kier molecular flexibility index (Phi) is 2.84. The number of hydrogen-bond donors (Lipinski definition) is 2. The van der Waals surface area contributed by atoms with Crippen LogP contribution in [0.5, 0.6) is 0 Å². The zero-order valence-electron chi connectivity index (χ0n) is 9.00. The van der Waals surface area contributed by atoms with Gasteiger partial charge in [-0.2, -0.15) is 5.10 Å². The number of sulfone groups is 1. The maximum Gasteiger partial charge on any atom is 0.211 e. The van der Waals surface area contributed by atoms with Gasteiger partial charge < -0.3 is 11.5 Å². The fraction of sp³-hybridized carbons (Fsp3) is 0.200. The van der Waals surface area contributed by atoms with Crippen molar-refractivity contribution in [1.82, 2.24) is 0 Å². The summed E-state index contributed by atoms with van der Waals surface area (Å²) in [6.07, 6.45) is 0.316. The van der Waals surface area contributed by atoms with Crippen LogP contribution >= 0.6 is 0 Å². The van der Waals surface area contributed by atoms with Crippen molar-refractivity contribution in [2.45, 2.75) is 11.3 Å². The number of nitrogens with two attached hydrogens (primary N) is 2. The summed E-state index contributed by atoms with van der Waals surface area (Å²) < 4.78 is 23.6. The molecule has 0 aliphatic carbocycles. The van der Waals surface area contributed by atoms with Crippen LogP contribution in [0.2, 0.25) is 0 Å². The lowest BCUT2D eigenvalue weighted by atomic mass is 10.1. The summed E-state index contributed by atoms with van der Waals surface area (Å²) >= 11 is 0.